The maximum atomic E-state index is 10.4. The highest BCUT2D eigenvalue weighted by Gasteiger charge is 1.90. The third kappa shape index (κ3) is 3.40. The lowest BCUT2D eigenvalue weighted by Crippen LogP contribution is -1.88. The molecule has 0 aromatic rings. The SMILES string of the molecule is CCC(=O)C=C(C)O. The molecule has 0 saturated carbocycles. The number of carbonyl (C=O) groups is 1. The number of aliphatic hydroxyl groups is 1. The number of hydrogen-bond donors (Lipinski definition) is 1. The monoisotopic (exact) mass is 114 g/mol. The van der Waals surface area contributed by atoms with Gasteiger partial charge in [-0.15, -0.1) is 0 Å². The number of carbonyl (C=O) groups excluding carboxylic acids is 1. The minimum Gasteiger partial charge on any atom is -0.512 e. The smallest absolute Gasteiger partial charge is 0.158 e. The standard InChI is InChI=1S/C6H10O2/c1-3-6(8)4-5(2)7/h4,7H,3H2,1-2H3. The van der Waals surface area contributed by atoms with E-state index in [-0.39, 0.29) is 11.5 Å². The van der Waals surface area contributed by atoms with E-state index in [4.69, 9.17) is 5.11 Å². The maximum Gasteiger partial charge on any atom is 0.158 e. The molecule has 0 aliphatic carbocycles. The van der Waals surface area contributed by atoms with Gasteiger partial charge in [0.05, 0.1) is 5.76 Å². The fourth-order valence-electron chi connectivity index (χ4n) is 0.335. The van der Waals surface area contributed by atoms with Crippen LogP contribution in [0.3, 0.4) is 0 Å². The minimum atomic E-state index is -0.0370. The van der Waals surface area contributed by atoms with Crippen LogP contribution in [0.15, 0.2) is 11.8 Å². The molecule has 0 radical (unpaired) electrons. The van der Waals surface area contributed by atoms with Crippen LogP contribution in [-0.4, -0.2) is 10.9 Å². The third-order valence-electron chi connectivity index (χ3n) is 0.718. The number of ketones is 1. The predicted molar refractivity (Wildman–Crippen MR) is 31.7 cm³/mol. The van der Waals surface area contributed by atoms with Gasteiger partial charge in [0.15, 0.2) is 5.78 Å². The van der Waals surface area contributed by atoms with Gasteiger partial charge in [-0.05, 0) is 6.92 Å². The summed E-state index contributed by atoms with van der Waals surface area (Å²) in [5.74, 6) is 0.0434. The minimum absolute atomic E-state index is 0.0370. The quantitative estimate of drug-likeness (QED) is 0.435. The summed E-state index contributed by atoms with van der Waals surface area (Å²) < 4.78 is 0. The number of rotatable bonds is 2. The van der Waals surface area contributed by atoms with Crippen LogP contribution in [0.5, 0.6) is 0 Å². The van der Waals surface area contributed by atoms with Crippen LogP contribution in [0.4, 0.5) is 0 Å². The molecule has 2 heteroatoms. The zero-order chi connectivity index (χ0) is 6.57. The maximum absolute atomic E-state index is 10.4. The average Bonchev–Trinajstić information content (AvgIpc) is 1.65. The van der Waals surface area contributed by atoms with Crippen LogP contribution >= 0.6 is 0 Å². The van der Waals surface area contributed by atoms with Crippen molar-refractivity contribution in [2.45, 2.75) is 20.3 Å². The molecular formula is C6H10O2. The lowest BCUT2D eigenvalue weighted by molar-refractivity contribution is -0.114. The molecule has 0 rings (SSSR count). The van der Waals surface area contributed by atoms with Gasteiger partial charge < -0.3 is 5.11 Å². The van der Waals surface area contributed by atoms with E-state index in [1.54, 1.807) is 6.92 Å². The Morgan fingerprint density at radius 2 is 2.25 bits per heavy atom. The second kappa shape index (κ2) is 3.24. The Labute approximate surface area is 48.8 Å². The number of aliphatic hydroxyl groups excluding tert-OH is 1. The zero-order valence-corrected chi connectivity index (χ0v) is 5.14. The van der Waals surface area contributed by atoms with Crippen LogP contribution in [0.25, 0.3) is 0 Å². The van der Waals surface area contributed by atoms with Crippen LogP contribution in [-0.2, 0) is 4.79 Å². The Bertz CT molecular complexity index is 110. The largest absolute Gasteiger partial charge is 0.512 e. The van der Waals surface area contributed by atoms with E-state index in [1.165, 1.54) is 13.0 Å². The lowest BCUT2D eigenvalue weighted by Gasteiger charge is -1.85. The van der Waals surface area contributed by atoms with E-state index < -0.39 is 0 Å². The highest BCUT2D eigenvalue weighted by molar-refractivity contribution is 5.89. The van der Waals surface area contributed by atoms with Gasteiger partial charge in [0.2, 0.25) is 0 Å². The zero-order valence-electron chi connectivity index (χ0n) is 5.14. The van der Waals surface area contributed by atoms with Gasteiger partial charge >= 0.3 is 0 Å². The Morgan fingerprint density at radius 3 is 2.38 bits per heavy atom. The van der Waals surface area contributed by atoms with E-state index in [1.807, 2.05) is 0 Å². The van der Waals surface area contributed by atoms with Crippen LogP contribution in [0, 0.1) is 0 Å². The summed E-state index contributed by atoms with van der Waals surface area (Å²) in [6.45, 7) is 3.23. The van der Waals surface area contributed by atoms with Crippen molar-refractivity contribution < 1.29 is 9.90 Å². The van der Waals surface area contributed by atoms with Crippen LogP contribution in [0.1, 0.15) is 20.3 Å². The summed E-state index contributed by atoms with van der Waals surface area (Å²) in [6, 6.07) is 0. The van der Waals surface area contributed by atoms with Crippen molar-refractivity contribution in [3.8, 4) is 0 Å². The summed E-state index contributed by atoms with van der Waals surface area (Å²) in [6.07, 6.45) is 1.68. The van der Waals surface area contributed by atoms with Crippen molar-refractivity contribution >= 4 is 5.78 Å². The highest BCUT2D eigenvalue weighted by atomic mass is 16.3. The van der Waals surface area contributed by atoms with E-state index >= 15 is 0 Å². The first-order valence-electron chi connectivity index (χ1n) is 2.57. The molecule has 8 heavy (non-hydrogen) atoms. The molecule has 0 spiro atoms. The summed E-state index contributed by atoms with van der Waals surface area (Å²) in [7, 11) is 0. The number of allylic oxidation sites excluding steroid dienone is 2. The van der Waals surface area contributed by atoms with Gasteiger partial charge in [-0.3, -0.25) is 4.79 Å². The molecule has 0 amide bonds. The summed E-state index contributed by atoms with van der Waals surface area (Å²) in [5.41, 5.74) is 0. The van der Waals surface area contributed by atoms with Crippen LogP contribution < -0.4 is 0 Å². The van der Waals surface area contributed by atoms with Gasteiger partial charge in [0.25, 0.3) is 0 Å². The van der Waals surface area contributed by atoms with Gasteiger partial charge in [-0.1, -0.05) is 6.92 Å². The van der Waals surface area contributed by atoms with Gasteiger partial charge in [0, 0.05) is 12.5 Å². The van der Waals surface area contributed by atoms with Crippen molar-refractivity contribution in [1.82, 2.24) is 0 Å². The molecule has 0 heterocycles. The molecule has 0 bridgehead atoms. The lowest BCUT2D eigenvalue weighted by atomic mass is 10.3. The average molecular weight is 114 g/mol. The molecule has 2 nitrogen and oxygen atoms in total. The third-order valence-corrected chi connectivity index (χ3v) is 0.718. The second-order valence-corrected chi connectivity index (χ2v) is 1.61. The molecule has 0 atom stereocenters. The van der Waals surface area contributed by atoms with Crippen molar-refractivity contribution in [3.05, 3.63) is 11.8 Å². The molecular weight excluding hydrogens is 104 g/mol. The fraction of sp³-hybridized carbons (Fsp3) is 0.500. The molecule has 0 aliphatic rings. The Hall–Kier alpha value is -0.790. The Balaban J connectivity index is 3.70. The first-order valence-corrected chi connectivity index (χ1v) is 2.57. The van der Waals surface area contributed by atoms with E-state index in [2.05, 4.69) is 0 Å². The van der Waals surface area contributed by atoms with Gasteiger partial charge in [-0.25, -0.2) is 0 Å². The molecule has 0 unspecified atom stereocenters. The molecule has 0 aromatic heterocycles. The van der Waals surface area contributed by atoms with Crippen molar-refractivity contribution in [2.75, 3.05) is 0 Å². The van der Waals surface area contributed by atoms with Gasteiger partial charge in [-0.2, -0.15) is 0 Å². The highest BCUT2D eigenvalue weighted by Crippen LogP contribution is 1.87. The Morgan fingerprint density at radius 1 is 1.75 bits per heavy atom. The summed E-state index contributed by atoms with van der Waals surface area (Å²) in [5, 5.41) is 8.49. The summed E-state index contributed by atoms with van der Waals surface area (Å²) >= 11 is 0. The topological polar surface area (TPSA) is 37.3 Å². The van der Waals surface area contributed by atoms with Crippen molar-refractivity contribution in [3.63, 3.8) is 0 Å². The first kappa shape index (κ1) is 7.21. The number of hydrogen-bond acceptors (Lipinski definition) is 2. The molecule has 0 fully saturated rings. The molecule has 0 aromatic carbocycles. The van der Waals surface area contributed by atoms with E-state index in [9.17, 15) is 4.79 Å². The normalized spacial score (nSPS) is 11.5. The molecule has 0 aliphatic heterocycles. The van der Waals surface area contributed by atoms with Crippen molar-refractivity contribution in [1.29, 1.82) is 0 Å². The van der Waals surface area contributed by atoms with Crippen molar-refractivity contribution in [2.24, 2.45) is 0 Å². The fourth-order valence-corrected chi connectivity index (χ4v) is 0.335. The Kier molecular flexibility index (Phi) is 2.92. The summed E-state index contributed by atoms with van der Waals surface area (Å²) in [4.78, 5) is 10.4. The van der Waals surface area contributed by atoms with Gasteiger partial charge in [0.1, 0.15) is 0 Å². The first-order chi connectivity index (χ1) is 3.66. The van der Waals surface area contributed by atoms with E-state index in [0.29, 0.717) is 6.42 Å². The molecule has 1 N–H and O–H groups in total. The van der Waals surface area contributed by atoms with Crippen LogP contribution in [0.2, 0.25) is 0 Å². The predicted octanol–water partition coefficient (Wildman–Crippen LogP) is 1.43. The molecule has 46 valence electrons. The molecule has 0 saturated heterocycles. The second-order valence-electron chi connectivity index (χ2n) is 1.61. The van der Waals surface area contributed by atoms with E-state index in [0.717, 1.165) is 0 Å².